The summed E-state index contributed by atoms with van der Waals surface area (Å²) in [7, 11) is 0. The maximum absolute atomic E-state index is 6.06. The Morgan fingerprint density at radius 1 is 1.15 bits per heavy atom. The van der Waals surface area contributed by atoms with Crippen LogP contribution >= 0.6 is 34.5 Å². The van der Waals surface area contributed by atoms with Gasteiger partial charge in [0.2, 0.25) is 0 Å². The summed E-state index contributed by atoms with van der Waals surface area (Å²) in [5, 5.41) is 4.59. The van der Waals surface area contributed by atoms with Crippen molar-refractivity contribution in [1.29, 1.82) is 0 Å². The molecule has 5 heteroatoms. The van der Waals surface area contributed by atoms with E-state index in [1.54, 1.807) is 29.5 Å². The molecule has 0 aliphatic rings. The first kappa shape index (κ1) is 15.6. The Hall–Kier alpha value is -0.740. The van der Waals surface area contributed by atoms with Gasteiger partial charge in [0.15, 0.2) is 0 Å². The van der Waals surface area contributed by atoms with Gasteiger partial charge in [-0.3, -0.25) is 0 Å². The summed E-state index contributed by atoms with van der Waals surface area (Å²) in [5.74, 6) is 0.623. The third-order valence-electron chi connectivity index (χ3n) is 2.71. The van der Waals surface area contributed by atoms with E-state index in [2.05, 4.69) is 24.4 Å². The molecule has 1 aromatic heterocycles. The molecular formula is C15H17Cl2NOS. The molecule has 0 unspecified atom stereocenters. The molecule has 0 amide bonds. The van der Waals surface area contributed by atoms with Gasteiger partial charge in [0.05, 0.1) is 5.02 Å². The van der Waals surface area contributed by atoms with Gasteiger partial charge in [-0.2, -0.15) is 0 Å². The zero-order valence-electron chi connectivity index (χ0n) is 11.3. The SMILES string of the molecule is CCCNCc1ccc(COc2cc(Cl)ccc2Cl)s1. The molecule has 0 radical (unpaired) electrons. The highest BCUT2D eigenvalue weighted by Crippen LogP contribution is 2.29. The molecule has 1 aromatic carbocycles. The van der Waals surface area contributed by atoms with Crippen LogP contribution in [-0.2, 0) is 13.2 Å². The maximum Gasteiger partial charge on any atom is 0.139 e. The normalized spacial score (nSPS) is 10.8. The third-order valence-corrected chi connectivity index (χ3v) is 4.31. The lowest BCUT2D eigenvalue weighted by molar-refractivity contribution is 0.310. The lowest BCUT2D eigenvalue weighted by Gasteiger charge is -2.07. The van der Waals surface area contributed by atoms with Crippen molar-refractivity contribution in [2.24, 2.45) is 0 Å². The number of thiophene rings is 1. The first-order valence-electron chi connectivity index (χ1n) is 6.55. The molecule has 0 atom stereocenters. The fourth-order valence-corrected chi connectivity index (χ4v) is 2.96. The Balaban J connectivity index is 1.89. The van der Waals surface area contributed by atoms with Crippen molar-refractivity contribution in [3.63, 3.8) is 0 Å². The Morgan fingerprint density at radius 2 is 1.95 bits per heavy atom. The molecule has 2 nitrogen and oxygen atoms in total. The van der Waals surface area contributed by atoms with E-state index >= 15 is 0 Å². The zero-order chi connectivity index (χ0) is 14.4. The molecule has 0 aliphatic carbocycles. The van der Waals surface area contributed by atoms with Crippen molar-refractivity contribution in [1.82, 2.24) is 5.32 Å². The first-order chi connectivity index (χ1) is 9.69. The lowest BCUT2D eigenvalue weighted by atomic mass is 10.3. The van der Waals surface area contributed by atoms with E-state index in [-0.39, 0.29) is 0 Å². The molecule has 2 aromatic rings. The standard InChI is InChI=1S/C15H17Cl2NOS/c1-2-7-18-9-12-4-5-13(20-12)10-19-15-8-11(16)3-6-14(15)17/h3-6,8,18H,2,7,9-10H2,1H3. The van der Waals surface area contributed by atoms with Crippen molar-refractivity contribution in [3.05, 3.63) is 50.1 Å². The van der Waals surface area contributed by atoms with Crippen molar-refractivity contribution >= 4 is 34.5 Å². The fraction of sp³-hybridized carbons (Fsp3) is 0.333. The van der Waals surface area contributed by atoms with E-state index in [0.29, 0.717) is 22.4 Å². The fourth-order valence-electron chi connectivity index (χ4n) is 1.72. The summed E-state index contributed by atoms with van der Waals surface area (Å²) in [5.41, 5.74) is 0. The van der Waals surface area contributed by atoms with Crippen LogP contribution in [0.2, 0.25) is 10.0 Å². The summed E-state index contributed by atoms with van der Waals surface area (Å²) < 4.78 is 5.72. The van der Waals surface area contributed by atoms with Crippen LogP contribution in [0, 0.1) is 0 Å². The Kier molecular flexibility index (Phi) is 6.17. The average molecular weight is 330 g/mol. The van der Waals surface area contributed by atoms with Crippen LogP contribution in [0.5, 0.6) is 5.75 Å². The highest BCUT2D eigenvalue weighted by atomic mass is 35.5. The summed E-state index contributed by atoms with van der Waals surface area (Å²) in [6.45, 7) is 4.63. The van der Waals surface area contributed by atoms with E-state index in [1.807, 2.05) is 0 Å². The number of nitrogens with one attached hydrogen (secondary N) is 1. The van der Waals surface area contributed by atoms with Crippen molar-refractivity contribution in [2.45, 2.75) is 26.5 Å². The molecule has 0 aliphatic heterocycles. The van der Waals surface area contributed by atoms with Gasteiger partial charge < -0.3 is 10.1 Å². The van der Waals surface area contributed by atoms with Gasteiger partial charge in [-0.15, -0.1) is 11.3 Å². The van der Waals surface area contributed by atoms with E-state index in [4.69, 9.17) is 27.9 Å². The van der Waals surface area contributed by atoms with E-state index in [1.165, 1.54) is 9.75 Å². The maximum atomic E-state index is 6.06. The molecule has 0 bridgehead atoms. The van der Waals surface area contributed by atoms with E-state index < -0.39 is 0 Å². The minimum Gasteiger partial charge on any atom is -0.486 e. The van der Waals surface area contributed by atoms with E-state index in [9.17, 15) is 0 Å². The molecule has 0 spiro atoms. The highest BCUT2D eigenvalue weighted by molar-refractivity contribution is 7.11. The smallest absolute Gasteiger partial charge is 0.139 e. The molecule has 20 heavy (non-hydrogen) atoms. The molecule has 1 heterocycles. The minimum atomic E-state index is 0.512. The van der Waals surface area contributed by atoms with Crippen LogP contribution in [0.3, 0.4) is 0 Å². The van der Waals surface area contributed by atoms with Crippen molar-refractivity contribution < 1.29 is 4.74 Å². The van der Waals surface area contributed by atoms with Crippen LogP contribution < -0.4 is 10.1 Å². The Bertz CT molecular complexity index is 557. The molecule has 0 fully saturated rings. The summed E-state index contributed by atoms with van der Waals surface area (Å²) in [6.07, 6.45) is 1.15. The van der Waals surface area contributed by atoms with Crippen LogP contribution in [0.4, 0.5) is 0 Å². The molecule has 108 valence electrons. The van der Waals surface area contributed by atoms with Crippen molar-refractivity contribution in [3.8, 4) is 5.75 Å². The largest absolute Gasteiger partial charge is 0.486 e. The van der Waals surface area contributed by atoms with Crippen molar-refractivity contribution in [2.75, 3.05) is 6.54 Å². The number of hydrogen-bond acceptors (Lipinski definition) is 3. The monoisotopic (exact) mass is 329 g/mol. The Morgan fingerprint density at radius 3 is 2.75 bits per heavy atom. The molecule has 0 saturated carbocycles. The number of benzene rings is 1. The number of hydrogen-bond donors (Lipinski definition) is 1. The average Bonchev–Trinajstić information content (AvgIpc) is 2.88. The van der Waals surface area contributed by atoms with Crippen LogP contribution in [0.15, 0.2) is 30.3 Å². The third kappa shape index (κ3) is 4.67. The number of ether oxygens (including phenoxy) is 1. The predicted octanol–water partition coefficient (Wildman–Crippen LogP) is 5.13. The lowest BCUT2D eigenvalue weighted by Crippen LogP contribution is -2.12. The van der Waals surface area contributed by atoms with Gasteiger partial charge in [0.25, 0.3) is 0 Å². The van der Waals surface area contributed by atoms with Gasteiger partial charge in [0.1, 0.15) is 12.4 Å². The minimum absolute atomic E-state index is 0.512. The first-order valence-corrected chi connectivity index (χ1v) is 8.12. The Labute approximate surface area is 133 Å². The summed E-state index contributed by atoms with van der Waals surface area (Å²) >= 11 is 13.7. The molecule has 0 saturated heterocycles. The number of halogens is 2. The molecular weight excluding hydrogens is 313 g/mol. The summed E-state index contributed by atoms with van der Waals surface area (Å²) in [6, 6.07) is 9.45. The van der Waals surface area contributed by atoms with Gasteiger partial charge in [-0.25, -0.2) is 0 Å². The van der Waals surface area contributed by atoms with Crippen LogP contribution in [0.25, 0.3) is 0 Å². The number of rotatable bonds is 7. The predicted molar refractivity (Wildman–Crippen MR) is 87.1 cm³/mol. The van der Waals surface area contributed by atoms with Crippen LogP contribution in [-0.4, -0.2) is 6.54 Å². The van der Waals surface area contributed by atoms with Gasteiger partial charge in [-0.1, -0.05) is 30.1 Å². The quantitative estimate of drug-likeness (QED) is 0.710. The van der Waals surface area contributed by atoms with Gasteiger partial charge >= 0.3 is 0 Å². The second-order valence-corrected chi connectivity index (χ2v) is 6.50. The van der Waals surface area contributed by atoms with Crippen LogP contribution in [0.1, 0.15) is 23.1 Å². The van der Waals surface area contributed by atoms with Gasteiger partial charge in [0, 0.05) is 27.4 Å². The van der Waals surface area contributed by atoms with Gasteiger partial charge in [-0.05, 0) is 37.2 Å². The topological polar surface area (TPSA) is 21.3 Å². The van der Waals surface area contributed by atoms with E-state index in [0.717, 1.165) is 19.5 Å². The second kappa shape index (κ2) is 7.89. The second-order valence-electron chi connectivity index (χ2n) is 4.41. The highest BCUT2D eigenvalue weighted by Gasteiger charge is 2.05. The molecule has 1 N–H and O–H groups in total. The molecule has 2 rings (SSSR count). The summed E-state index contributed by atoms with van der Waals surface area (Å²) in [4.78, 5) is 2.49. The zero-order valence-corrected chi connectivity index (χ0v) is 13.6.